The van der Waals surface area contributed by atoms with Crippen LogP contribution < -0.4 is 0 Å². The van der Waals surface area contributed by atoms with Gasteiger partial charge in [0.15, 0.2) is 0 Å². The fraction of sp³-hybridized carbons (Fsp3) is 0.889. The molecular formula is C9H14FN. The largest absolute Gasteiger partial charge is 0.317 e. The molecular weight excluding hydrogens is 141 g/mol. The smallest absolute Gasteiger partial charge is 0.217 e. The van der Waals surface area contributed by atoms with Crippen LogP contribution in [0.2, 0.25) is 0 Å². The van der Waals surface area contributed by atoms with E-state index < -0.39 is 0 Å². The summed E-state index contributed by atoms with van der Waals surface area (Å²) >= 11 is 0. The highest BCUT2D eigenvalue weighted by Gasteiger charge is 2.23. The fourth-order valence-corrected chi connectivity index (χ4v) is 1.84. The van der Waals surface area contributed by atoms with Crippen molar-refractivity contribution in [2.75, 3.05) is 13.2 Å². The standard InChI is InChI=1S/C9H14FN/c1-11-7-9-4-2-3-8(5-9)6-10/h8-9H,2-7H2. The van der Waals surface area contributed by atoms with E-state index >= 15 is 0 Å². The van der Waals surface area contributed by atoms with E-state index in [1.165, 1.54) is 0 Å². The van der Waals surface area contributed by atoms with Crippen LogP contribution in [0, 0.1) is 18.4 Å². The molecule has 2 heteroatoms. The van der Waals surface area contributed by atoms with Gasteiger partial charge in [-0.1, -0.05) is 6.42 Å². The third-order valence-electron chi connectivity index (χ3n) is 2.46. The van der Waals surface area contributed by atoms with Crippen molar-refractivity contribution in [3.63, 3.8) is 0 Å². The molecule has 0 aromatic carbocycles. The van der Waals surface area contributed by atoms with Gasteiger partial charge in [0.2, 0.25) is 6.54 Å². The van der Waals surface area contributed by atoms with Crippen LogP contribution in [0.3, 0.4) is 0 Å². The summed E-state index contributed by atoms with van der Waals surface area (Å²) in [5, 5.41) is 0. The Labute approximate surface area is 67.4 Å². The van der Waals surface area contributed by atoms with Crippen LogP contribution in [-0.4, -0.2) is 13.2 Å². The Morgan fingerprint density at radius 1 is 1.36 bits per heavy atom. The molecule has 2 unspecified atom stereocenters. The van der Waals surface area contributed by atoms with Crippen molar-refractivity contribution < 1.29 is 4.39 Å². The summed E-state index contributed by atoms with van der Waals surface area (Å²) in [6.45, 7) is 7.11. The Morgan fingerprint density at radius 3 is 2.73 bits per heavy atom. The summed E-state index contributed by atoms with van der Waals surface area (Å²) in [7, 11) is 0. The van der Waals surface area contributed by atoms with Crippen LogP contribution in [0.15, 0.2) is 0 Å². The summed E-state index contributed by atoms with van der Waals surface area (Å²) in [5.41, 5.74) is 0. The normalized spacial score (nSPS) is 31.3. The molecule has 1 aliphatic carbocycles. The number of alkyl halides is 1. The fourth-order valence-electron chi connectivity index (χ4n) is 1.84. The Kier molecular flexibility index (Phi) is 3.35. The Hall–Kier alpha value is -0.580. The summed E-state index contributed by atoms with van der Waals surface area (Å²) in [5.74, 6) is 0.748. The van der Waals surface area contributed by atoms with E-state index in [-0.39, 0.29) is 12.6 Å². The van der Waals surface area contributed by atoms with Crippen molar-refractivity contribution in [2.45, 2.75) is 25.7 Å². The molecule has 62 valence electrons. The lowest BCUT2D eigenvalue weighted by Crippen LogP contribution is -2.18. The molecule has 1 saturated carbocycles. The van der Waals surface area contributed by atoms with E-state index in [4.69, 9.17) is 6.57 Å². The predicted octanol–water partition coefficient (Wildman–Crippen LogP) is 2.68. The van der Waals surface area contributed by atoms with Crippen LogP contribution in [0.5, 0.6) is 0 Å². The first-order valence-corrected chi connectivity index (χ1v) is 4.26. The van der Waals surface area contributed by atoms with Crippen molar-refractivity contribution in [3.8, 4) is 0 Å². The lowest BCUT2D eigenvalue weighted by Gasteiger charge is -2.23. The van der Waals surface area contributed by atoms with Gasteiger partial charge < -0.3 is 4.85 Å². The lowest BCUT2D eigenvalue weighted by molar-refractivity contribution is 0.231. The van der Waals surface area contributed by atoms with Crippen LogP contribution >= 0.6 is 0 Å². The van der Waals surface area contributed by atoms with Gasteiger partial charge in [0.25, 0.3) is 0 Å². The highest BCUT2D eigenvalue weighted by Crippen LogP contribution is 2.29. The average Bonchev–Trinajstić information content (AvgIpc) is 2.06. The van der Waals surface area contributed by atoms with Crippen molar-refractivity contribution in [3.05, 3.63) is 11.4 Å². The topological polar surface area (TPSA) is 4.36 Å². The zero-order valence-electron chi connectivity index (χ0n) is 6.72. The van der Waals surface area contributed by atoms with Gasteiger partial charge in [-0.25, -0.2) is 6.57 Å². The van der Waals surface area contributed by atoms with Crippen molar-refractivity contribution >= 4 is 0 Å². The van der Waals surface area contributed by atoms with Crippen LogP contribution in [-0.2, 0) is 0 Å². The molecule has 0 heterocycles. The highest BCUT2D eigenvalue weighted by atomic mass is 19.1. The van der Waals surface area contributed by atoms with Crippen LogP contribution in [0.4, 0.5) is 4.39 Å². The number of hydrogen-bond acceptors (Lipinski definition) is 0. The number of hydrogen-bond donors (Lipinski definition) is 0. The van der Waals surface area contributed by atoms with Gasteiger partial charge >= 0.3 is 0 Å². The maximum Gasteiger partial charge on any atom is 0.217 e. The molecule has 0 aromatic rings. The molecule has 0 spiro atoms. The molecule has 2 atom stereocenters. The quantitative estimate of drug-likeness (QED) is 0.540. The lowest BCUT2D eigenvalue weighted by atomic mass is 9.82. The second-order valence-electron chi connectivity index (χ2n) is 3.39. The van der Waals surface area contributed by atoms with Gasteiger partial charge in [-0.15, -0.1) is 0 Å². The molecule has 0 radical (unpaired) electrons. The van der Waals surface area contributed by atoms with E-state index in [0.29, 0.717) is 12.5 Å². The zero-order chi connectivity index (χ0) is 8.10. The molecule has 1 aliphatic rings. The monoisotopic (exact) mass is 155 g/mol. The van der Waals surface area contributed by atoms with Crippen molar-refractivity contribution in [1.82, 2.24) is 0 Å². The van der Waals surface area contributed by atoms with Crippen molar-refractivity contribution in [1.29, 1.82) is 0 Å². The molecule has 0 saturated heterocycles. The van der Waals surface area contributed by atoms with Gasteiger partial charge in [-0.3, -0.25) is 4.39 Å². The highest BCUT2D eigenvalue weighted by molar-refractivity contribution is 4.77. The molecule has 1 rings (SSSR count). The number of halogens is 1. The molecule has 0 amide bonds. The van der Waals surface area contributed by atoms with E-state index in [9.17, 15) is 4.39 Å². The van der Waals surface area contributed by atoms with Gasteiger partial charge in [0.1, 0.15) is 0 Å². The zero-order valence-corrected chi connectivity index (χ0v) is 6.72. The van der Waals surface area contributed by atoms with Gasteiger partial charge in [0, 0.05) is 5.92 Å². The predicted molar refractivity (Wildman–Crippen MR) is 42.9 cm³/mol. The summed E-state index contributed by atoms with van der Waals surface area (Å²) < 4.78 is 12.2. The SMILES string of the molecule is [C-]#[N+]CC1CCCC(CF)C1. The molecule has 0 bridgehead atoms. The molecule has 0 aromatic heterocycles. The first kappa shape index (κ1) is 8.52. The summed E-state index contributed by atoms with van der Waals surface area (Å²) in [4.78, 5) is 3.36. The third kappa shape index (κ3) is 2.49. The molecule has 1 fully saturated rings. The Balaban J connectivity index is 2.28. The van der Waals surface area contributed by atoms with Crippen molar-refractivity contribution in [2.24, 2.45) is 11.8 Å². The Morgan fingerprint density at radius 2 is 2.09 bits per heavy atom. The minimum atomic E-state index is -0.186. The first-order chi connectivity index (χ1) is 5.36. The van der Waals surface area contributed by atoms with E-state index in [1.54, 1.807) is 0 Å². The number of rotatable bonds is 2. The molecule has 0 N–H and O–H groups in total. The number of nitrogens with zero attached hydrogens (tertiary/aromatic N) is 1. The minimum absolute atomic E-state index is 0.186. The third-order valence-corrected chi connectivity index (χ3v) is 2.46. The average molecular weight is 155 g/mol. The molecule has 11 heavy (non-hydrogen) atoms. The second kappa shape index (κ2) is 4.33. The minimum Gasteiger partial charge on any atom is -0.317 e. The summed E-state index contributed by atoms with van der Waals surface area (Å²) in [6.07, 6.45) is 4.23. The Bertz CT molecular complexity index is 150. The van der Waals surface area contributed by atoms with Gasteiger partial charge in [-0.05, 0) is 25.2 Å². The van der Waals surface area contributed by atoms with Crippen LogP contribution in [0.1, 0.15) is 25.7 Å². The van der Waals surface area contributed by atoms with Crippen LogP contribution in [0.25, 0.3) is 4.85 Å². The van der Waals surface area contributed by atoms with E-state index in [0.717, 1.165) is 25.7 Å². The molecule has 0 aliphatic heterocycles. The second-order valence-corrected chi connectivity index (χ2v) is 3.39. The first-order valence-electron chi connectivity index (χ1n) is 4.26. The van der Waals surface area contributed by atoms with E-state index in [1.807, 2.05) is 0 Å². The van der Waals surface area contributed by atoms with Gasteiger partial charge in [-0.2, -0.15) is 0 Å². The van der Waals surface area contributed by atoms with Gasteiger partial charge in [0.05, 0.1) is 6.67 Å². The van der Waals surface area contributed by atoms with E-state index in [2.05, 4.69) is 4.85 Å². The summed E-state index contributed by atoms with van der Waals surface area (Å²) in [6, 6.07) is 0. The molecule has 1 nitrogen and oxygen atoms in total. The maximum absolute atomic E-state index is 12.2. The maximum atomic E-state index is 12.2.